The molecule has 2 N–H and O–H groups in total. The Hall–Kier alpha value is -4.00. The van der Waals surface area contributed by atoms with Gasteiger partial charge in [0.2, 0.25) is 5.91 Å². The summed E-state index contributed by atoms with van der Waals surface area (Å²) in [6.45, 7) is -1.92. The molecular formula is C24H24F4N4O5. The lowest BCUT2D eigenvalue weighted by atomic mass is 10.1. The molecule has 3 rings (SSSR count). The largest absolute Gasteiger partial charge is 0.505 e. The zero-order chi connectivity index (χ0) is 27.3. The Morgan fingerprint density at radius 3 is 2.49 bits per heavy atom. The van der Waals surface area contributed by atoms with E-state index in [1.165, 1.54) is 43.5 Å². The molecule has 3 aromatic rings. The molecule has 0 bridgehead atoms. The molecule has 0 aliphatic rings. The second-order valence-corrected chi connectivity index (χ2v) is 8.24. The topological polar surface area (TPSA) is 114 Å². The Morgan fingerprint density at radius 1 is 1.19 bits per heavy atom. The van der Waals surface area contributed by atoms with Crippen LogP contribution in [0.1, 0.15) is 21.5 Å². The van der Waals surface area contributed by atoms with Crippen LogP contribution >= 0.6 is 0 Å². The maximum Gasteiger partial charge on any atom is 0.405 e. The van der Waals surface area contributed by atoms with Crippen LogP contribution < -0.4 is 10.9 Å². The van der Waals surface area contributed by atoms with E-state index in [0.717, 1.165) is 4.57 Å². The SMILES string of the molecule is COCCN(C)C(=O)Cn1c(=O)c(C(=O)NCC(F)(F)F)c(O)c2ncc(Cc3ccc(F)cc3)cc21. The number of nitrogens with zero attached hydrogens (tertiary/aromatic N) is 3. The molecule has 0 unspecified atom stereocenters. The summed E-state index contributed by atoms with van der Waals surface area (Å²) in [5.41, 5.74) is -1.17. The third-order valence-electron chi connectivity index (χ3n) is 5.48. The highest BCUT2D eigenvalue weighted by Gasteiger charge is 2.31. The van der Waals surface area contributed by atoms with Gasteiger partial charge < -0.3 is 20.1 Å². The van der Waals surface area contributed by atoms with Crippen LogP contribution in [-0.4, -0.2) is 71.4 Å². The fraction of sp³-hybridized carbons (Fsp3) is 0.333. The minimum absolute atomic E-state index is 0.0111. The number of fused-ring (bicyclic) bond motifs is 1. The number of alkyl halides is 3. The molecule has 0 aliphatic carbocycles. The van der Waals surface area contributed by atoms with Crippen LogP contribution in [-0.2, 0) is 22.5 Å². The minimum Gasteiger partial charge on any atom is -0.505 e. The molecule has 0 saturated heterocycles. The summed E-state index contributed by atoms with van der Waals surface area (Å²) < 4.78 is 56.9. The number of pyridine rings is 2. The number of halogens is 4. The van der Waals surface area contributed by atoms with Crippen molar-refractivity contribution >= 4 is 22.8 Å². The molecule has 13 heteroatoms. The fourth-order valence-electron chi connectivity index (χ4n) is 3.52. The van der Waals surface area contributed by atoms with E-state index in [9.17, 15) is 37.1 Å². The molecule has 0 aliphatic heterocycles. The molecule has 2 aromatic heterocycles. The predicted octanol–water partition coefficient (Wildman–Crippen LogP) is 2.23. The number of hydrogen-bond acceptors (Lipinski definition) is 6. The molecule has 0 fully saturated rings. The molecular weight excluding hydrogens is 500 g/mol. The first-order valence-corrected chi connectivity index (χ1v) is 11.0. The summed E-state index contributed by atoms with van der Waals surface area (Å²) in [5, 5.41) is 12.2. The highest BCUT2D eigenvalue weighted by Crippen LogP contribution is 2.26. The lowest BCUT2D eigenvalue weighted by Gasteiger charge is -2.19. The van der Waals surface area contributed by atoms with Crippen molar-refractivity contribution in [1.82, 2.24) is 19.8 Å². The van der Waals surface area contributed by atoms with E-state index >= 15 is 0 Å². The van der Waals surface area contributed by atoms with Gasteiger partial charge in [-0.3, -0.25) is 23.9 Å². The average molecular weight is 524 g/mol. The summed E-state index contributed by atoms with van der Waals surface area (Å²) in [6, 6.07) is 7.10. The van der Waals surface area contributed by atoms with Crippen LogP contribution in [0.25, 0.3) is 11.0 Å². The van der Waals surface area contributed by atoms with Crippen molar-refractivity contribution in [1.29, 1.82) is 0 Å². The molecule has 198 valence electrons. The lowest BCUT2D eigenvalue weighted by molar-refractivity contribution is -0.131. The number of likely N-dealkylation sites (N-methyl/N-ethyl adjacent to an activating group) is 1. The molecule has 0 saturated carbocycles. The number of carbonyl (C=O) groups excluding carboxylic acids is 2. The minimum atomic E-state index is -4.76. The number of methoxy groups -OCH3 is 1. The maximum atomic E-state index is 13.2. The third-order valence-corrected chi connectivity index (χ3v) is 5.48. The first-order chi connectivity index (χ1) is 17.4. The normalized spacial score (nSPS) is 11.5. The van der Waals surface area contributed by atoms with E-state index < -0.39 is 53.8 Å². The maximum absolute atomic E-state index is 13.2. The Balaban J connectivity index is 2.11. The van der Waals surface area contributed by atoms with Gasteiger partial charge in [-0.2, -0.15) is 13.2 Å². The quantitative estimate of drug-likeness (QED) is 0.415. The van der Waals surface area contributed by atoms with E-state index in [2.05, 4.69) is 4.98 Å². The summed E-state index contributed by atoms with van der Waals surface area (Å²) in [7, 11) is 2.90. The number of carbonyl (C=O) groups is 2. The second kappa shape index (κ2) is 11.4. The Labute approximate surface area is 208 Å². The highest BCUT2D eigenvalue weighted by atomic mass is 19.4. The summed E-state index contributed by atoms with van der Waals surface area (Å²) >= 11 is 0. The van der Waals surface area contributed by atoms with Crippen LogP contribution in [0.4, 0.5) is 17.6 Å². The van der Waals surface area contributed by atoms with Gasteiger partial charge in [0.05, 0.1) is 12.1 Å². The standard InChI is InChI=1S/C24H24F4N4O5/c1-31(7-8-37-2)18(33)12-32-17-10-15(9-14-3-5-16(25)6-4-14)11-29-20(17)21(34)19(23(32)36)22(35)30-13-24(26,27)28/h3-6,10-11,34H,7-9,12-13H2,1-2H3,(H,30,35). The van der Waals surface area contributed by atoms with Gasteiger partial charge in [-0.1, -0.05) is 12.1 Å². The number of nitrogens with one attached hydrogen (secondary N) is 1. The first kappa shape index (κ1) is 27.6. The van der Waals surface area contributed by atoms with Gasteiger partial charge >= 0.3 is 6.18 Å². The van der Waals surface area contributed by atoms with E-state index in [1.807, 2.05) is 0 Å². The van der Waals surface area contributed by atoms with Crippen LogP contribution in [0, 0.1) is 5.82 Å². The van der Waals surface area contributed by atoms with Crippen LogP contribution in [0.2, 0.25) is 0 Å². The van der Waals surface area contributed by atoms with Crippen LogP contribution in [0.3, 0.4) is 0 Å². The van der Waals surface area contributed by atoms with Gasteiger partial charge in [0, 0.05) is 26.9 Å². The Morgan fingerprint density at radius 2 is 1.86 bits per heavy atom. The van der Waals surface area contributed by atoms with Gasteiger partial charge in [0.25, 0.3) is 11.5 Å². The zero-order valence-electron chi connectivity index (χ0n) is 19.9. The number of aromatic hydroxyl groups is 1. The number of rotatable bonds is 9. The predicted molar refractivity (Wildman–Crippen MR) is 125 cm³/mol. The van der Waals surface area contributed by atoms with E-state index in [1.54, 1.807) is 17.4 Å². The van der Waals surface area contributed by atoms with Crippen LogP contribution in [0.15, 0.2) is 41.3 Å². The van der Waals surface area contributed by atoms with E-state index in [-0.39, 0.29) is 30.6 Å². The van der Waals surface area contributed by atoms with Crippen molar-refractivity contribution in [2.24, 2.45) is 0 Å². The summed E-state index contributed by atoms with van der Waals surface area (Å²) in [6.07, 6.45) is -3.16. The number of aromatic nitrogens is 2. The van der Waals surface area contributed by atoms with Gasteiger partial charge in [0.15, 0.2) is 5.75 Å². The second-order valence-electron chi connectivity index (χ2n) is 8.24. The molecule has 0 radical (unpaired) electrons. The monoisotopic (exact) mass is 524 g/mol. The van der Waals surface area contributed by atoms with Crippen molar-refractivity contribution in [3.63, 3.8) is 0 Å². The lowest BCUT2D eigenvalue weighted by Crippen LogP contribution is -2.40. The smallest absolute Gasteiger partial charge is 0.405 e. The molecule has 2 heterocycles. The van der Waals surface area contributed by atoms with Crippen molar-refractivity contribution in [2.75, 3.05) is 33.9 Å². The Kier molecular flexibility index (Phi) is 8.48. The number of hydrogen-bond donors (Lipinski definition) is 2. The number of ether oxygens (including phenoxy) is 1. The van der Waals surface area contributed by atoms with E-state index in [0.29, 0.717) is 11.1 Å². The number of amides is 2. The van der Waals surface area contributed by atoms with Gasteiger partial charge in [-0.25, -0.2) is 4.39 Å². The van der Waals surface area contributed by atoms with Crippen molar-refractivity contribution < 1.29 is 37.0 Å². The third kappa shape index (κ3) is 6.82. The first-order valence-electron chi connectivity index (χ1n) is 11.0. The highest BCUT2D eigenvalue weighted by molar-refractivity contribution is 6.01. The zero-order valence-corrected chi connectivity index (χ0v) is 19.9. The molecule has 37 heavy (non-hydrogen) atoms. The molecule has 2 amide bonds. The Bertz CT molecular complexity index is 1360. The average Bonchev–Trinajstić information content (AvgIpc) is 2.84. The number of benzene rings is 1. The van der Waals surface area contributed by atoms with Gasteiger partial charge in [0.1, 0.15) is 30.0 Å². The molecule has 0 atom stereocenters. The fourth-order valence-corrected chi connectivity index (χ4v) is 3.52. The van der Waals surface area contributed by atoms with Crippen molar-refractivity contribution in [3.8, 4) is 5.75 Å². The summed E-state index contributed by atoms with van der Waals surface area (Å²) in [5.74, 6) is -3.36. The van der Waals surface area contributed by atoms with E-state index in [4.69, 9.17) is 4.74 Å². The molecule has 9 nitrogen and oxygen atoms in total. The van der Waals surface area contributed by atoms with Crippen molar-refractivity contribution in [3.05, 3.63) is 69.4 Å². The van der Waals surface area contributed by atoms with Crippen LogP contribution in [0.5, 0.6) is 5.75 Å². The van der Waals surface area contributed by atoms with Crippen molar-refractivity contribution in [2.45, 2.75) is 19.1 Å². The molecule has 1 aromatic carbocycles. The molecule has 0 spiro atoms. The van der Waals surface area contributed by atoms with Gasteiger partial charge in [-0.15, -0.1) is 0 Å². The van der Waals surface area contributed by atoms with Gasteiger partial charge in [-0.05, 0) is 35.7 Å². The summed E-state index contributed by atoms with van der Waals surface area (Å²) in [4.78, 5) is 43.9.